The first-order valence-electron chi connectivity index (χ1n) is 6.88. The molecule has 0 spiro atoms. The minimum atomic E-state index is 0.539. The normalized spacial score (nSPS) is 12.3. The molecule has 0 saturated heterocycles. The molecule has 1 aliphatic heterocycles. The van der Waals surface area contributed by atoms with Gasteiger partial charge in [0.2, 0.25) is 0 Å². The molecular weight excluding hydrogens is 282 g/mol. The Bertz CT molecular complexity index is 744. The SMILES string of the molecule is N#CCCCC1=Nc2cc(Cl)ccc2Nc2ccccc21. The second kappa shape index (κ2) is 5.99. The maximum atomic E-state index is 8.72. The largest absolute Gasteiger partial charge is 0.353 e. The second-order valence-corrected chi connectivity index (χ2v) is 5.34. The van der Waals surface area contributed by atoms with Crippen LogP contribution in [-0.4, -0.2) is 5.71 Å². The Morgan fingerprint density at radius 1 is 1.14 bits per heavy atom. The molecule has 1 N–H and O–H groups in total. The van der Waals surface area contributed by atoms with Crippen molar-refractivity contribution in [2.75, 3.05) is 5.32 Å². The van der Waals surface area contributed by atoms with Crippen LogP contribution in [0.1, 0.15) is 24.8 Å². The molecule has 0 unspecified atom stereocenters. The van der Waals surface area contributed by atoms with Gasteiger partial charge in [-0.3, -0.25) is 4.99 Å². The summed E-state index contributed by atoms with van der Waals surface area (Å²) in [6.45, 7) is 0. The van der Waals surface area contributed by atoms with Gasteiger partial charge in [-0.15, -0.1) is 0 Å². The number of nitrogens with one attached hydrogen (secondary N) is 1. The van der Waals surface area contributed by atoms with Gasteiger partial charge in [0.15, 0.2) is 0 Å². The van der Waals surface area contributed by atoms with Crippen molar-refractivity contribution in [1.29, 1.82) is 5.26 Å². The quantitative estimate of drug-likeness (QED) is 0.790. The predicted molar refractivity (Wildman–Crippen MR) is 86.8 cm³/mol. The molecule has 0 bridgehead atoms. The van der Waals surface area contributed by atoms with Crippen LogP contribution in [0.15, 0.2) is 47.5 Å². The van der Waals surface area contributed by atoms with Crippen LogP contribution in [0.25, 0.3) is 0 Å². The number of fused-ring (bicyclic) bond motifs is 2. The Balaban J connectivity index is 2.07. The Kier molecular flexibility index (Phi) is 3.89. The van der Waals surface area contributed by atoms with Crippen molar-refractivity contribution in [3.8, 4) is 6.07 Å². The van der Waals surface area contributed by atoms with Crippen LogP contribution in [0.3, 0.4) is 0 Å². The van der Waals surface area contributed by atoms with Gasteiger partial charge in [0.05, 0.1) is 23.2 Å². The van der Waals surface area contributed by atoms with Crippen molar-refractivity contribution in [3.63, 3.8) is 0 Å². The molecule has 0 amide bonds. The van der Waals surface area contributed by atoms with E-state index in [0.29, 0.717) is 11.4 Å². The molecule has 104 valence electrons. The summed E-state index contributed by atoms with van der Waals surface area (Å²) >= 11 is 6.08. The fourth-order valence-electron chi connectivity index (χ4n) is 2.42. The lowest BCUT2D eigenvalue weighted by Crippen LogP contribution is -2.02. The molecule has 0 aliphatic carbocycles. The Labute approximate surface area is 128 Å². The van der Waals surface area contributed by atoms with Gasteiger partial charge in [-0.1, -0.05) is 29.8 Å². The van der Waals surface area contributed by atoms with Gasteiger partial charge < -0.3 is 5.32 Å². The maximum absolute atomic E-state index is 8.72. The van der Waals surface area contributed by atoms with Crippen molar-refractivity contribution in [2.24, 2.45) is 4.99 Å². The molecule has 4 heteroatoms. The van der Waals surface area contributed by atoms with E-state index < -0.39 is 0 Å². The second-order valence-electron chi connectivity index (χ2n) is 4.90. The van der Waals surface area contributed by atoms with Crippen molar-refractivity contribution >= 4 is 34.4 Å². The predicted octanol–water partition coefficient (Wildman–Crippen LogP) is 5.21. The first-order valence-corrected chi connectivity index (χ1v) is 7.26. The van der Waals surface area contributed by atoms with Gasteiger partial charge in [-0.2, -0.15) is 5.26 Å². The summed E-state index contributed by atoms with van der Waals surface area (Å²) in [6, 6.07) is 15.9. The highest BCUT2D eigenvalue weighted by atomic mass is 35.5. The van der Waals surface area contributed by atoms with E-state index in [1.807, 2.05) is 36.4 Å². The standard InChI is InChI=1S/C17H14ClN3/c18-12-8-9-16-17(11-12)21-15(7-3-4-10-19)13-5-1-2-6-14(13)20-16/h1-2,5-6,8-9,11,20H,3-4,7H2. The number of rotatable bonds is 3. The van der Waals surface area contributed by atoms with Crippen LogP contribution in [0.5, 0.6) is 0 Å². The fourth-order valence-corrected chi connectivity index (χ4v) is 2.59. The number of hydrogen-bond acceptors (Lipinski definition) is 3. The Hall–Kier alpha value is -2.31. The first kappa shape index (κ1) is 13.7. The summed E-state index contributed by atoms with van der Waals surface area (Å²) in [5, 5.41) is 12.8. The number of nitrogens with zero attached hydrogens (tertiary/aromatic N) is 2. The third kappa shape index (κ3) is 2.91. The van der Waals surface area contributed by atoms with Crippen LogP contribution in [-0.2, 0) is 0 Å². The number of unbranched alkanes of at least 4 members (excludes halogenated alkanes) is 1. The molecule has 2 aromatic rings. The zero-order valence-corrected chi connectivity index (χ0v) is 12.2. The molecule has 21 heavy (non-hydrogen) atoms. The summed E-state index contributed by atoms with van der Waals surface area (Å²) in [7, 11) is 0. The fraction of sp³-hybridized carbons (Fsp3) is 0.176. The maximum Gasteiger partial charge on any atom is 0.0882 e. The van der Waals surface area contributed by atoms with Crippen molar-refractivity contribution in [3.05, 3.63) is 53.1 Å². The highest BCUT2D eigenvalue weighted by molar-refractivity contribution is 6.31. The van der Waals surface area contributed by atoms with Crippen molar-refractivity contribution in [1.82, 2.24) is 0 Å². The third-order valence-corrected chi connectivity index (χ3v) is 3.66. The molecule has 3 rings (SSSR count). The Morgan fingerprint density at radius 3 is 2.86 bits per heavy atom. The smallest absolute Gasteiger partial charge is 0.0882 e. The number of halogens is 1. The number of anilines is 2. The first-order chi connectivity index (χ1) is 10.3. The van der Waals surface area contributed by atoms with Crippen LogP contribution >= 0.6 is 11.6 Å². The molecule has 1 aliphatic rings. The lowest BCUT2D eigenvalue weighted by atomic mass is 10.0. The van der Waals surface area contributed by atoms with Gasteiger partial charge in [-0.05, 0) is 37.1 Å². The number of benzene rings is 2. The zero-order chi connectivity index (χ0) is 14.7. The molecule has 0 aromatic heterocycles. The lowest BCUT2D eigenvalue weighted by molar-refractivity contribution is 0.903. The molecule has 0 atom stereocenters. The van der Waals surface area contributed by atoms with Crippen LogP contribution in [0, 0.1) is 11.3 Å². The van der Waals surface area contributed by atoms with Gasteiger partial charge >= 0.3 is 0 Å². The Morgan fingerprint density at radius 2 is 2.00 bits per heavy atom. The average Bonchev–Trinajstić information content (AvgIpc) is 2.64. The summed E-state index contributed by atoms with van der Waals surface area (Å²) in [4.78, 5) is 4.77. The molecular formula is C17H14ClN3. The van der Waals surface area contributed by atoms with Crippen LogP contribution < -0.4 is 5.32 Å². The van der Waals surface area contributed by atoms with E-state index in [9.17, 15) is 0 Å². The minimum Gasteiger partial charge on any atom is -0.353 e. The monoisotopic (exact) mass is 295 g/mol. The van der Waals surface area contributed by atoms with E-state index in [-0.39, 0.29) is 0 Å². The van der Waals surface area contributed by atoms with Gasteiger partial charge in [0.1, 0.15) is 0 Å². The highest BCUT2D eigenvalue weighted by Crippen LogP contribution is 2.36. The van der Waals surface area contributed by atoms with E-state index in [1.54, 1.807) is 0 Å². The number of para-hydroxylation sites is 1. The molecule has 0 fully saturated rings. The third-order valence-electron chi connectivity index (χ3n) is 3.42. The van der Waals surface area contributed by atoms with E-state index in [2.05, 4.69) is 17.5 Å². The summed E-state index contributed by atoms with van der Waals surface area (Å²) in [5.74, 6) is 0. The summed E-state index contributed by atoms with van der Waals surface area (Å²) in [6.07, 6.45) is 2.12. The average molecular weight is 296 g/mol. The van der Waals surface area contributed by atoms with Crippen LogP contribution in [0.2, 0.25) is 5.02 Å². The molecule has 1 heterocycles. The molecule has 2 aromatic carbocycles. The van der Waals surface area contributed by atoms with Crippen LogP contribution in [0.4, 0.5) is 17.1 Å². The van der Waals surface area contributed by atoms with Crippen molar-refractivity contribution < 1.29 is 0 Å². The van der Waals surface area contributed by atoms with Crippen molar-refractivity contribution in [2.45, 2.75) is 19.3 Å². The lowest BCUT2D eigenvalue weighted by Gasteiger charge is -2.09. The van der Waals surface area contributed by atoms with E-state index in [1.165, 1.54) is 0 Å². The zero-order valence-electron chi connectivity index (χ0n) is 11.4. The number of hydrogen-bond donors (Lipinski definition) is 1. The van der Waals surface area contributed by atoms with E-state index in [4.69, 9.17) is 21.9 Å². The molecule has 0 radical (unpaired) electrons. The van der Waals surface area contributed by atoms with Gasteiger partial charge in [-0.25, -0.2) is 0 Å². The van der Waals surface area contributed by atoms with E-state index >= 15 is 0 Å². The number of nitriles is 1. The summed E-state index contributed by atoms with van der Waals surface area (Å²) in [5.41, 5.74) is 4.90. The molecule has 0 saturated carbocycles. The van der Waals surface area contributed by atoms with Gasteiger partial charge in [0.25, 0.3) is 0 Å². The highest BCUT2D eigenvalue weighted by Gasteiger charge is 2.15. The summed E-state index contributed by atoms with van der Waals surface area (Å²) < 4.78 is 0. The topological polar surface area (TPSA) is 48.2 Å². The van der Waals surface area contributed by atoms with Gasteiger partial charge in [0, 0.05) is 22.7 Å². The number of aliphatic imine (C=N–C) groups is 1. The molecule has 3 nitrogen and oxygen atoms in total. The minimum absolute atomic E-state index is 0.539. The van der Waals surface area contributed by atoms with E-state index in [0.717, 1.165) is 41.2 Å².